The fraction of sp³-hybridized carbons (Fsp3) is 0.583. The van der Waals surface area contributed by atoms with Gasteiger partial charge in [0.1, 0.15) is 5.78 Å². The molecule has 0 spiro atoms. The lowest BCUT2D eigenvalue weighted by molar-refractivity contribution is -0.140. The Morgan fingerprint density at radius 1 is 1.39 bits per heavy atom. The van der Waals surface area contributed by atoms with E-state index in [4.69, 9.17) is 7.74 Å². The normalized spacial score (nSPS) is 16.2. The Morgan fingerprint density at radius 3 is 2.50 bits per heavy atom. The minimum Gasteiger partial charge on any atom is -0.300 e. The first-order chi connectivity index (χ1) is 8.60. The molecule has 0 aromatic heterocycles. The standard InChI is InChI=1S/C12H16B2NO3/c1-2-3-4-9(7-10(16)8-14-13)15-11(17)5-6-12(15)18/h5-6,9H,2-4,7-8H2,1H3. The van der Waals surface area contributed by atoms with Gasteiger partial charge in [-0.2, -0.15) is 0 Å². The average molecular weight is 244 g/mol. The number of carbonyl (C=O) groups excluding carboxylic acids is 3. The van der Waals surface area contributed by atoms with Crippen LogP contribution in [0.1, 0.15) is 32.6 Å². The summed E-state index contributed by atoms with van der Waals surface area (Å²) in [4.78, 5) is 36.0. The summed E-state index contributed by atoms with van der Waals surface area (Å²) in [5, 5.41) is 0. The molecule has 0 bridgehead atoms. The number of unbranched alkanes of at least 4 members (excludes halogenated alkanes) is 1. The molecule has 93 valence electrons. The van der Waals surface area contributed by atoms with Gasteiger partial charge in [-0.3, -0.25) is 14.5 Å². The van der Waals surface area contributed by atoms with Crippen LogP contribution < -0.4 is 0 Å². The molecule has 4 nitrogen and oxygen atoms in total. The number of carbonyl (C=O) groups is 3. The maximum Gasteiger partial charge on any atom is 0.253 e. The molecule has 1 heterocycles. The van der Waals surface area contributed by atoms with E-state index in [9.17, 15) is 14.4 Å². The predicted octanol–water partition coefficient (Wildman–Crippen LogP) is 0.635. The molecule has 1 aliphatic heterocycles. The SMILES string of the molecule is [B][B]CC(=O)CC(CCCC)N1C(=O)C=CC1=O. The van der Waals surface area contributed by atoms with Gasteiger partial charge in [0.15, 0.2) is 0 Å². The molecule has 1 rings (SSSR count). The monoisotopic (exact) mass is 244 g/mol. The van der Waals surface area contributed by atoms with Crippen molar-refractivity contribution >= 4 is 32.5 Å². The predicted molar refractivity (Wildman–Crippen MR) is 70.2 cm³/mol. The maximum atomic E-state index is 11.6. The van der Waals surface area contributed by atoms with Crippen molar-refractivity contribution in [2.24, 2.45) is 0 Å². The fourth-order valence-corrected chi connectivity index (χ4v) is 2.01. The quantitative estimate of drug-likeness (QED) is 0.464. The highest BCUT2D eigenvalue weighted by atomic mass is 16.2. The zero-order valence-corrected chi connectivity index (χ0v) is 10.6. The highest BCUT2D eigenvalue weighted by Gasteiger charge is 2.31. The third-order valence-corrected chi connectivity index (χ3v) is 2.91. The summed E-state index contributed by atoms with van der Waals surface area (Å²) in [5.74, 6) is -0.706. The lowest BCUT2D eigenvalue weighted by Crippen LogP contribution is -2.41. The van der Waals surface area contributed by atoms with E-state index < -0.39 is 0 Å². The number of nitrogens with zero attached hydrogens (tertiary/aromatic N) is 1. The van der Waals surface area contributed by atoms with E-state index in [-0.39, 0.29) is 36.4 Å². The number of imide groups is 1. The number of rotatable bonds is 8. The molecule has 3 radical (unpaired) electrons. The summed E-state index contributed by atoms with van der Waals surface area (Å²) >= 11 is 0. The van der Waals surface area contributed by atoms with E-state index in [1.54, 1.807) is 0 Å². The van der Waals surface area contributed by atoms with Gasteiger partial charge in [-0.05, 0) is 12.7 Å². The first-order valence-electron chi connectivity index (χ1n) is 6.20. The summed E-state index contributed by atoms with van der Waals surface area (Å²) in [7, 11) is 6.50. The summed E-state index contributed by atoms with van der Waals surface area (Å²) in [5.41, 5.74) is 0. The van der Waals surface area contributed by atoms with Crippen molar-refractivity contribution < 1.29 is 14.4 Å². The Balaban J connectivity index is 2.68. The lowest BCUT2D eigenvalue weighted by atomic mass is 9.52. The second-order valence-electron chi connectivity index (χ2n) is 4.36. The van der Waals surface area contributed by atoms with Crippen LogP contribution in [0.15, 0.2) is 12.2 Å². The van der Waals surface area contributed by atoms with Crippen molar-refractivity contribution in [3.63, 3.8) is 0 Å². The van der Waals surface area contributed by atoms with Gasteiger partial charge in [-0.25, -0.2) is 0 Å². The van der Waals surface area contributed by atoms with Gasteiger partial charge in [0.25, 0.3) is 11.8 Å². The summed E-state index contributed by atoms with van der Waals surface area (Å²) in [6.45, 7) is 2.03. The van der Waals surface area contributed by atoms with Crippen LogP contribution in [0.25, 0.3) is 0 Å². The third kappa shape index (κ3) is 3.86. The Bertz CT molecular complexity index is 350. The van der Waals surface area contributed by atoms with Crippen molar-refractivity contribution in [3.8, 4) is 0 Å². The Kier molecular flexibility index (Phi) is 5.89. The highest BCUT2D eigenvalue weighted by Crippen LogP contribution is 2.18. The summed E-state index contributed by atoms with van der Waals surface area (Å²) < 4.78 is 0. The van der Waals surface area contributed by atoms with Crippen molar-refractivity contribution in [1.29, 1.82) is 0 Å². The van der Waals surface area contributed by atoms with Crippen LogP contribution in [-0.2, 0) is 14.4 Å². The number of amides is 2. The van der Waals surface area contributed by atoms with Gasteiger partial charge in [-0.15, -0.1) is 0 Å². The molecular weight excluding hydrogens is 228 g/mol. The van der Waals surface area contributed by atoms with Crippen LogP contribution in [-0.4, -0.2) is 43.4 Å². The topological polar surface area (TPSA) is 54.5 Å². The molecule has 1 aliphatic rings. The average Bonchev–Trinajstić information content (AvgIpc) is 2.65. The first kappa shape index (κ1) is 14.7. The molecule has 0 fully saturated rings. The molecule has 0 aromatic rings. The van der Waals surface area contributed by atoms with Crippen LogP contribution in [0, 0.1) is 0 Å². The van der Waals surface area contributed by atoms with E-state index >= 15 is 0 Å². The molecule has 0 aromatic carbocycles. The van der Waals surface area contributed by atoms with Crippen LogP contribution in [0.5, 0.6) is 0 Å². The molecular formula is C12H16B2NO3. The van der Waals surface area contributed by atoms with Crippen molar-refractivity contribution in [2.75, 3.05) is 0 Å². The molecule has 1 unspecified atom stereocenters. The second kappa shape index (κ2) is 7.19. The Morgan fingerprint density at radius 2 is 2.00 bits per heavy atom. The Hall–Kier alpha value is -1.32. The van der Waals surface area contributed by atoms with Gasteiger partial charge in [-0.1, -0.05) is 19.8 Å². The van der Waals surface area contributed by atoms with Gasteiger partial charge in [0.05, 0.1) is 7.17 Å². The summed E-state index contributed by atoms with van der Waals surface area (Å²) in [6, 6.07) is -0.340. The molecule has 0 aliphatic carbocycles. The molecule has 0 N–H and O–H groups in total. The van der Waals surface area contributed by atoms with E-state index in [1.165, 1.54) is 24.2 Å². The van der Waals surface area contributed by atoms with Crippen molar-refractivity contribution in [1.82, 2.24) is 4.90 Å². The van der Waals surface area contributed by atoms with Gasteiger partial charge >= 0.3 is 0 Å². The van der Waals surface area contributed by atoms with Crippen molar-refractivity contribution in [2.45, 2.75) is 45.0 Å². The van der Waals surface area contributed by atoms with Crippen LogP contribution in [0.4, 0.5) is 0 Å². The smallest absolute Gasteiger partial charge is 0.253 e. The zero-order valence-electron chi connectivity index (χ0n) is 10.6. The number of hydrogen-bond donors (Lipinski definition) is 0. The first-order valence-corrected chi connectivity index (χ1v) is 6.20. The van der Waals surface area contributed by atoms with Crippen LogP contribution >= 0.6 is 0 Å². The number of ketones is 1. The maximum absolute atomic E-state index is 11.6. The molecule has 1 atom stereocenters. The fourth-order valence-electron chi connectivity index (χ4n) is 2.01. The molecule has 0 saturated carbocycles. The number of hydrogen-bond acceptors (Lipinski definition) is 3. The van der Waals surface area contributed by atoms with E-state index in [0.717, 1.165) is 12.8 Å². The van der Waals surface area contributed by atoms with E-state index in [0.29, 0.717) is 6.42 Å². The molecule has 18 heavy (non-hydrogen) atoms. The minimum atomic E-state index is -0.340. The van der Waals surface area contributed by atoms with Gasteiger partial charge < -0.3 is 4.79 Å². The molecule has 6 heteroatoms. The largest absolute Gasteiger partial charge is 0.300 e. The van der Waals surface area contributed by atoms with E-state index in [1.807, 2.05) is 6.92 Å². The minimum absolute atomic E-state index is 0.0499. The van der Waals surface area contributed by atoms with E-state index in [2.05, 4.69) is 0 Å². The number of Topliss-reactive ketones (excluding diaryl/α,β-unsaturated/α-hetero) is 1. The zero-order chi connectivity index (χ0) is 13.5. The van der Waals surface area contributed by atoms with Crippen molar-refractivity contribution in [3.05, 3.63) is 12.2 Å². The Labute approximate surface area is 109 Å². The highest BCUT2D eigenvalue weighted by molar-refractivity contribution is 6.90. The summed E-state index contributed by atoms with van der Waals surface area (Å²) in [6.07, 6.45) is 5.35. The second-order valence-corrected chi connectivity index (χ2v) is 4.36. The van der Waals surface area contributed by atoms with Gasteiger partial charge in [0, 0.05) is 32.4 Å². The lowest BCUT2D eigenvalue weighted by Gasteiger charge is -2.25. The van der Waals surface area contributed by atoms with Crippen LogP contribution in [0.3, 0.4) is 0 Å². The molecule has 2 amide bonds. The van der Waals surface area contributed by atoms with Crippen LogP contribution in [0.2, 0.25) is 6.32 Å². The third-order valence-electron chi connectivity index (χ3n) is 2.91. The molecule has 0 saturated heterocycles. The van der Waals surface area contributed by atoms with Gasteiger partial charge in [0.2, 0.25) is 0 Å².